The Morgan fingerprint density at radius 3 is 2.87 bits per heavy atom. The van der Waals surface area contributed by atoms with Crippen molar-refractivity contribution in [3.63, 3.8) is 0 Å². The molecule has 1 aromatic carbocycles. The molecule has 5 heteroatoms. The molecule has 0 unspecified atom stereocenters. The van der Waals surface area contributed by atoms with Gasteiger partial charge < -0.3 is 15.2 Å². The molecule has 2 atom stereocenters. The second kappa shape index (κ2) is 4.02. The minimum absolute atomic E-state index is 0.0138. The van der Waals surface area contributed by atoms with Crippen LogP contribution >= 0.6 is 0 Å². The van der Waals surface area contributed by atoms with E-state index < -0.39 is 18.1 Å². The van der Waals surface area contributed by atoms with Crippen LogP contribution in [0.1, 0.15) is 0 Å². The predicted molar refractivity (Wildman–Crippen MR) is 50.9 cm³/mol. The lowest BCUT2D eigenvalue weighted by Gasteiger charge is -2.15. The van der Waals surface area contributed by atoms with Crippen LogP contribution in [-0.4, -0.2) is 25.5 Å². The first-order valence-electron chi connectivity index (χ1n) is 4.60. The molecule has 15 heavy (non-hydrogen) atoms. The van der Waals surface area contributed by atoms with E-state index in [1.54, 1.807) is 0 Å². The van der Waals surface area contributed by atoms with Crippen molar-refractivity contribution in [1.82, 2.24) is 0 Å². The van der Waals surface area contributed by atoms with Gasteiger partial charge in [0.05, 0.1) is 18.9 Å². The Kier molecular flexibility index (Phi) is 2.73. The Bertz CT molecular complexity index is 359. The van der Waals surface area contributed by atoms with E-state index in [-0.39, 0.29) is 24.7 Å². The van der Waals surface area contributed by atoms with Gasteiger partial charge in [0.15, 0.2) is 12.3 Å². The lowest BCUT2D eigenvalue weighted by atomic mass is 10.2. The van der Waals surface area contributed by atoms with Crippen LogP contribution in [0.15, 0.2) is 18.2 Å². The van der Waals surface area contributed by atoms with Crippen LogP contribution in [0.4, 0.5) is 14.5 Å². The molecule has 2 rings (SSSR count). The smallest absolute Gasteiger partial charge is 0.162 e. The molecule has 0 spiro atoms. The van der Waals surface area contributed by atoms with Gasteiger partial charge in [-0.15, -0.1) is 0 Å². The number of hydrogen-bond acceptors (Lipinski definition) is 3. The quantitative estimate of drug-likeness (QED) is 0.761. The zero-order valence-corrected chi connectivity index (χ0v) is 7.95. The SMILES string of the molecule is Nc1ccc(F)cc1O[C@H]1COC[C@@H]1F. The number of halogens is 2. The first-order valence-corrected chi connectivity index (χ1v) is 4.60. The lowest BCUT2D eigenvalue weighted by Crippen LogP contribution is -2.26. The van der Waals surface area contributed by atoms with Crippen LogP contribution in [0.2, 0.25) is 0 Å². The van der Waals surface area contributed by atoms with E-state index in [4.69, 9.17) is 15.2 Å². The fourth-order valence-corrected chi connectivity index (χ4v) is 1.39. The summed E-state index contributed by atoms with van der Waals surface area (Å²) in [6.45, 7) is 0.178. The highest BCUT2D eigenvalue weighted by atomic mass is 19.1. The van der Waals surface area contributed by atoms with Crippen molar-refractivity contribution >= 4 is 5.69 Å². The number of nitrogens with two attached hydrogens (primary N) is 1. The highest BCUT2D eigenvalue weighted by molar-refractivity contribution is 5.52. The molecule has 2 N–H and O–H groups in total. The monoisotopic (exact) mass is 215 g/mol. The van der Waals surface area contributed by atoms with Crippen LogP contribution in [0.3, 0.4) is 0 Å². The van der Waals surface area contributed by atoms with Crippen LogP contribution in [0.5, 0.6) is 5.75 Å². The van der Waals surface area contributed by atoms with Gasteiger partial charge in [-0.05, 0) is 12.1 Å². The summed E-state index contributed by atoms with van der Waals surface area (Å²) in [5, 5.41) is 0. The maximum Gasteiger partial charge on any atom is 0.162 e. The Morgan fingerprint density at radius 2 is 2.20 bits per heavy atom. The molecule has 1 heterocycles. The zero-order chi connectivity index (χ0) is 10.8. The Balaban J connectivity index is 2.12. The molecule has 0 radical (unpaired) electrons. The third-order valence-corrected chi connectivity index (χ3v) is 2.22. The van der Waals surface area contributed by atoms with E-state index in [1.807, 2.05) is 0 Å². The van der Waals surface area contributed by atoms with Gasteiger partial charge >= 0.3 is 0 Å². The maximum absolute atomic E-state index is 13.1. The molecular weight excluding hydrogens is 204 g/mol. The molecule has 1 fully saturated rings. The van der Waals surface area contributed by atoms with Crippen molar-refractivity contribution in [2.75, 3.05) is 18.9 Å². The summed E-state index contributed by atoms with van der Waals surface area (Å²) < 4.78 is 36.1. The molecule has 0 amide bonds. The number of hydrogen-bond donors (Lipinski definition) is 1. The second-order valence-electron chi connectivity index (χ2n) is 3.39. The van der Waals surface area contributed by atoms with Gasteiger partial charge in [-0.3, -0.25) is 0 Å². The molecule has 1 aliphatic rings. The highest BCUT2D eigenvalue weighted by Crippen LogP contribution is 2.25. The molecule has 1 aliphatic heterocycles. The molecule has 0 bridgehead atoms. The van der Waals surface area contributed by atoms with Crippen molar-refractivity contribution in [2.24, 2.45) is 0 Å². The molecule has 0 aliphatic carbocycles. The van der Waals surface area contributed by atoms with E-state index in [1.165, 1.54) is 12.1 Å². The van der Waals surface area contributed by atoms with Crippen molar-refractivity contribution < 1.29 is 18.3 Å². The summed E-state index contributed by atoms with van der Waals surface area (Å²) in [4.78, 5) is 0. The highest BCUT2D eigenvalue weighted by Gasteiger charge is 2.30. The summed E-state index contributed by atoms with van der Waals surface area (Å²) in [6, 6.07) is 3.74. The van der Waals surface area contributed by atoms with Gasteiger partial charge in [0.1, 0.15) is 11.6 Å². The Morgan fingerprint density at radius 1 is 1.40 bits per heavy atom. The maximum atomic E-state index is 13.1. The third-order valence-electron chi connectivity index (χ3n) is 2.22. The topological polar surface area (TPSA) is 44.5 Å². The number of anilines is 1. The van der Waals surface area contributed by atoms with Crippen LogP contribution in [0, 0.1) is 5.82 Å². The first kappa shape index (κ1) is 10.2. The van der Waals surface area contributed by atoms with Gasteiger partial charge in [-0.2, -0.15) is 0 Å². The normalized spacial score (nSPS) is 25.5. The minimum Gasteiger partial charge on any atom is -0.483 e. The fraction of sp³-hybridized carbons (Fsp3) is 0.400. The molecule has 3 nitrogen and oxygen atoms in total. The van der Waals surface area contributed by atoms with E-state index in [2.05, 4.69) is 0 Å². The molecule has 1 saturated heterocycles. The van der Waals surface area contributed by atoms with Gasteiger partial charge in [0.25, 0.3) is 0 Å². The molecule has 0 aromatic heterocycles. The van der Waals surface area contributed by atoms with Crippen molar-refractivity contribution in [2.45, 2.75) is 12.3 Å². The lowest BCUT2D eigenvalue weighted by molar-refractivity contribution is 0.129. The molecule has 1 aromatic rings. The van der Waals surface area contributed by atoms with Crippen molar-refractivity contribution in [1.29, 1.82) is 0 Å². The minimum atomic E-state index is -1.19. The number of nitrogen functional groups attached to an aromatic ring is 1. The molecular formula is C10H11F2NO2. The standard InChI is InChI=1S/C10H11F2NO2/c11-6-1-2-8(13)9(3-6)15-10-5-14-4-7(10)12/h1-3,7,10H,4-5,13H2/t7-,10-/m0/s1. The summed E-state index contributed by atoms with van der Waals surface area (Å²) in [7, 11) is 0. The average Bonchev–Trinajstić information content (AvgIpc) is 2.58. The van der Waals surface area contributed by atoms with E-state index in [9.17, 15) is 8.78 Å². The van der Waals surface area contributed by atoms with Crippen LogP contribution in [-0.2, 0) is 4.74 Å². The van der Waals surface area contributed by atoms with Gasteiger partial charge in [0, 0.05) is 6.07 Å². The number of alkyl halides is 1. The van der Waals surface area contributed by atoms with Crippen LogP contribution in [0.25, 0.3) is 0 Å². The number of benzene rings is 1. The van der Waals surface area contributed by atoms with Gasteiger partial charge in [-0.25, -0.2) is 8.78 Å². The van der Waals surface area contributed by atoms with Gasteiger partial charge in [0.2, 0.25) is 0 Å². The summed E-state index contributed by atoms with van der Waals surface area (Å²) >= 11 is 0. The first-order chi connectivity index (χ1) is 7.16. The Labute approximate surface area is 85.8 Å². The summed E-state index contributed by atoms with van der Waals surface area (Å²) in [5.74, 6) is -0.304. The van der Waals surface area contributed by atoms with Crippen LogP contribution < -0.4 is 10.5 Å². The average molecular weight is 215 g/mol. The second-order valence-corrected chi connectivity index (χ2v) is 3.39. The number of rotatable bonds is 2. The third kappa shape index (κ3) is 2.18. The van der Waals surface area contributed by atoms with Gasteiger partial charge in [-0.1, -0.05) is 0 Å². The summed E-state index contributed by atoms with van der Waals surface area (Å²) in [5.41, 5.74) is 5.85. The zero-order valence-electron chi connectivity index (χ0n) is 7.95. The predicted octanol–water partition coefficient (Wildman–Crippen LogP) is 1.52. The van der Waals surface area contributed by atoms with E-state index >= 15 is 0 Å². The van der Waals surface area contributed by atoms with Crippen molar-refractivity contribution in [3.05, 3.63) is 24.0 Å². The largest absolute Gasteiger partial charge is 0.483 e. The molecule has 0 saturated carbocycles. The van der Waals surface area contributed by atoms with Crippen molar-refractivity contribution in [3.8, 4) is 5.75 Å². The summed E-state index contributed by atoms with van der Waals surface area (Å²) in [6.07, 6.45) is -1.89. The van der Waals surface area contributed by atoms with E-state index in [0.29, 0.717) is 0 Å². The Hall–Kier alpha value is -1.36. The molecule has 82 valence electrons. The fourth-order valence-electron chi connectivity index (χ4n) is 1.39. The number of ether oxygens (including phenoxy) is 2. The van der Waals surface area contributed by atoms with E-state index in [0.717, 1.165) is 6.07 Å².